The number of rotatable bonds is 3. The number of benzene rings is 1. The van der Waals surface area contributed by atoms with E-state index in [0.29, 0.717) is 10.6 Å². The number of hydrogen-bond acceptors (Lipinski definition) is 3. The minimum atomic E-state index is 0.522. The Balaban J connectivity index is 1.94. The first-order valence-corrected chi connectivity index (χ1v) is 6.84. The third kappa shape index (κ3) is 2.84. The zero-order valence-electron chi connectivity index (χ0n) is 8.87. The molecule has 1 unspecified atom stereocenters. The molecule has 1 atom stereocenters. The van der Waals surface area contributed by atoms with E-state index in [9.17, 15) is 0 Å². The van der Waals surface area contributed by atoms with Gasteiger partial charge in [0.1, 0.15) is 6.07 Å². The number of nitrogens with zero attached hydrogens (tertiary/aromatic N) is 1. The molecule has 4 heteroatoms. The second-order valence-corrected chi connectivity index (χ2v) is 5.47. The fourth-order valence-corrected chi connectivity index (χ4v) is 3.23. The van der Waals surface area contributed by atoms with E-state index in [-0.39, 0.29) is 0 Å². The highest BCUT2D eigenvalue weighted by Crippen LogP contribution is 2.25. The molecule has 1 saturated heterocycles. The first kappa shape index (κ1) is 11.6. The SMILES string of the molecule is N#Cc1ccc(NCC2CCSC2)cc1Cl. The zero-order chi connectivity index (χ0) is 11.4. The average molecular weight is 253 g/mol. The number of thioether (sulfide) groups is 1. The van der Waals surface area contributed by atoms with Crippen molar-refractivity contribution in [2.45, 2.75) is 6.42 Å². The van der Waals surface area contributed by atoms with Crippen LogP contribution < -0.4 is 5.32 Å². The molecular formula is C12H13ClN2S. The van der Waals surface area contributed by atoms with Crippen LogP contribution in [-0.2, 0) is 0 Å². The van der Waals surface area contributed by atoms with Crippen LogP contribution in [0.1, 0.15) is 12.0 Å². The van der Waals surface area contributed by atoms with E-state index in [0.717, 1.165) is 18.2 Å². The normalized spacial score (nSPS) is 19.4. The van der Waals surface area contributed by atoms with Crippen molar-refractivity contribution < 1.29 is 0 Å². The van der Waals surface area contributed by atoms with Gasteiger partial charge in [-0.25, -0.2) is 0 Å². The summed E-state index contributed by atoms with van der Waals surface area (Å²) in [4.78, 5) is 0. The lowest BCUT2D eigenvalue weighted by molar-refractivity contribution is 0.632. The fourth-order valence-electron chi connectivity index (χ4n) is 1.72. The predicted molar refractivity (Wildman–Crippen MR) is 70.1 cm³/mol. The molecule has 0 amide bonds. The number of anilines is 1. The Morgan fingerprint density at radius 1 is 1.56 bits per heavy atom. The molecule has 0 spiro atoms. The molecule has 2 rings (SSSR count). The van der Waals surface area contributed by atoms with Gasteiger partial charge in [-0.15, -0.1) is 0 Å². The van der Waals surface area contributed by atoms with Gasteiger partial charge in [0, 0.05) is 12.2 Å². The van der Waals surface area contributed by atoms with Gasteiger partial charge in [-0.3, -0.25) is 0 Å². The number of halogens is 1. The molecule has 0 saturated carbocycles. The van der Waals surface area contributed by atoms with Gasteiger partial charge in [0.25, 0.3) is 0 Å². The monoisotopic (exact) mass is 252 g/mol. The lowest BCUT2D eigenvalue weighted by atomic mass is 10.1. The zero-order valence-corrected chi connectivity index (χ0v) is 10.4. The topological polar surface area (TPSA) is 35.8 Å². The van der Waals surface area contributed by atoms with Crippen molar-refractivity contribution in [2.24, 2.45) is 5.92 Å². The maximum absolute atomic E-state index is 8.75. The van der Waals surface area contributed by atoms with Crippen molar-refractivity contribution in [3.8, 4) is 6.07 Å². The minimum absolute atomic E-state index is 0.522. The van der Waals surface area contributed by atoms with Crippen molar-refractivity contribution in [3.05, 3.63) is 28.8 Å². The summed E-state index contributed by atoms with van der Waals surface area (Å²) in [5.41, 5.74) is 1.53. The van der Waals surface area contributed by atoms with Crippen LogP contribution in [0.5, 0.6) is 0 Å². The summed E-state index contributed by atoms with van der Waals surface area (Å²) in [5, 5.41) is 12.6. The van der Waals surface area contributed by atoms with Gasteiger partial charge >= 0.3 is 0 Å². The van der Waals surface area contributed by atoms with Crippen LogP contribution in [0.25, 0.3) is 0 Å². The summed E-state index contributed by atoms with van der Waals surface area (Å²) >= 11 is 7.98. The van der Waals surface area contributed by atoms with E-state index in [1.807, 2.05) is 23.9 Å². The van der Waals surface area contributed by atoms with Crippen molar-refractivity contribution in [2.75, 3.05) is 23.4 Å². The smallest absolute Gasteiger partial charge is 0.101 e. The third-order valence-electron chi connectivity index (χ3n) is 2.71. The van der Waals surface area contributed by atoms with Gasteiger partial charge in [-0.2, -0.15) is 17.0 Å². The molecule has 0 bridgehead atoms. The van der Waals surface area contributed by atoms with Gasteiger partial charge in [-0.1, -0.05) is 11.6 Å². The summed E-state index contributed by atoms with van der Waals surface area (Å²) in [6, 6.07) is 7.55. The van der Waals surface area contributed by atoms with Crippen LogP contribution in [0.3, 0.4) is 0 Å². The predicted octanol–water partition coefficient (Wildman–Crippen LogP) is 3.38. The van der Waals surface area contributed by atoms with E-state index >= 15 is 0 Å². The van der Waals surface area contributed by atoms with Crippen molar-refractivity contribution in [1.29, 1.82) is 5.26 Å². The maximum atomic E-state index is 8.75. The Morgan fingerprint density at radius 3 is 3.06 bits per heavy atom. The van der Waals surface area contributed by atoms with Crippen LogP contribution in [0.2, 0.25) is 5.02 Å². The molecule has 1 aromatic carbocycles. The van der Waals surface area contributed by atoms with E-state index < -0.39 is 0 Å². The summed E-state index contributed by atoms with van der Waals surface area (Å²) in [6.07, 6.45) is 1.29. The molecule has 1 fully saturated rings. The van der Waals surface area contributed by atoms with Gasteiger partial charge in [-0.05, 0) is 42.0 Å². The molecule has 16 heavy (non-hydrogen) atoms. The first-order chi connectivity index (χ1) is 7.79. The summed E-state index contributed by atoms with van der Waals surface area (Å²) in [5.74, 6) is 3.29. The van der Waals surface area contributed by atoms with Crippen LogP contribution >= 0.6 is 23.4 Å². The second-order valence-electron chi connectivity index (χ2n) is 3.92. The molecule has 1 aromatic rings. The minimum Gasteiger partial charge on any atom is -0.385 e. The average Bonchev–Trinajstić information content (AvgIpc) is 2.79. The maximum Gasteiger partial charge on any atom is 0.101 e. The van der Waals surface area contributed by atoms with Crippen molar-refractivity contribution >= 4 is 29.1 Å². The standard InChI is InChI=1S/C12H13ClN2S/c13-12-5-11(2-1-10(12)6-14)15-7-9-3-4-16-8-9/h1-2,5,9,15H,3-4,7-8H2. The number of nitriles is 1. The van der Waals surface area contributed by atoms with Crippen LogP contribution in [-0.4, -0.2) is 18.1 Å². The van der Waals surface area contributed by atoms with Crippen LogP contribution in [0.15, 0.2) is 18.2 Å². The molecule has 1 heterocycles. The molecule has 1 N–H and O–H groups in total. The Bertz CT molecular complexity index is 408. The summed E-state index contributed by atoms with van der Waals surface area (Å²) in [7, 11) is 0. The van der Waals surface area contributed by atoms with E-state index in [1.165, 1.54) is 17.9 Å². The lowest BCUT2D eigenvalue weighted by Gasteiger charge is -2.11. The van der Waals surface area contributed by atoms with Crippen LogP contribution in [0.4, 0.5) is 5.69 Å². The summed E-state index contributed by atoms with van der Waals surface area (Å²) in [6.45, 7) is 0.995. The van der Waals surface area contributed by atoms with Crippen LogP contribution in [0, 0.1) is 17.2 Å². The molecule has 84 valence electrons. The molecule has 0 aliphatic carbocycles. The highest BCUT2D eigenvalue weighted by Gasteiger charge is 2.14. The van der Waals surface area contributed by atoms with E-state index in [1.54, 1.807) is 6.07 Å². The summed E-state index contributed by atoms with van der Waals surface area (Å²) < 4.78 is 0. The largest absolute Gasteiger partial charge is 0.385 e. The van der Waals surface area contributed by atoms with Crippen molar-refractivity contribution in [3.63, 3.8) is 0 Å². The molecule has 1 aliphatic rings. The number of nitrogens with one attached hydrogen (secondary N) is 1. The van der Waals surface area contributed by atoms with Gasteiger partial charge in [0.15, 0.2) is 0 Å². The highest BCUT2D eigenvalue weighted by atomic mass is 35.5. The fraction of sp³-hybridized carbons (Fsp3) is 0.417. The van der Waals surface area contributed by atoms with Gasteiger partial charge in [0.2, 0.25) is 0 Å². The second kappa shape index (κ2) is 5.47. The van der Waals surface area contributed by atoms with Gasteiger partial charge in [0.05, 0.1) is 10.6 Å². The van der Waals surface area contributed by atoms with E-state index in [4.69, 9.17) is 16.9 Å². The first-order valence-electron chi connectivity index (χ1n) is 5.31. The molecule has 2 nitrogen and oxygen atoms in total. The Hall–Kier alpha value is -0.850. The third-order valence-corrected chi connectivity index (χ3v) is 4.25. The molecule has 0 aromatic heterocycles. The quantitative estimate of drug-likeness (QED) is 0.896. The molecule has 1 aliphatic heterocycles. The Kier molecular flexibility index (Phi) is 3.98. The number of hydrogen-bond donors (Lipinski definition) is 1. The van der Waals surface area contributed by atoms with E-state index in [2.05, 4.69) is 11.4 Å². The highest BCUT2D eigenvalue weighted by molar-refractivity contribution is 7.99. The molecular weight excluding hydrogens is 240 g/mol. The Morgan fingerprint density at radius 2 is 2.44 bits per heavy atom. The van der Waals surface area contributed by atoms with Gasteiger partial charge < -0.3 is 5.32 Å². The van der Waals surface area contributed by atoms with Crippen molar-refractivity contribution in [1.82, 2.24) is 0 Å². The molecule has 0 radical (unpaired) electrons. The Labute approximate surface area is 105 Å². The lowest BCUT2D eigenvalue weighted by Crippen LogP contribution is -2.13.